The molecule has 0 atom stereocenters. The van der Waals surface area contributed by atoms with E-state index in [0.29, 0.717) is 23.2 Å². The molecule has 0 unspecified atom stereocenters. The van der Waals surface area contributed by atoms with Crippen molar-refractivity contribution in [2.24, 2.45) is 5.73 Å². The second kappa shape index (κ2) is 6.87. The van der Waals surface area contributed by atoms with Crippen LogP contribution < -0.4 is 11.5 Å². The van der Waals surface area contributed by atoms with Crippen molar-refractivity contribution in [1.82, 2.24) is 0 Å². The van der Waals surface area contributed by atoms with Gasteiger partial charge in [0.25, 0.3) is 0 Å². The number of nitrogen functional groups attached to an aromatic ring is 1. The third-order valence-electron chi connectivity index (χ3n) is 4.35. The molecule has 0 heterocycles. The van der Waals surface area contributed by atoms with Crippen molar-refractivity contribution in [3.8, 4) is 11.1 Å². The van der Waals surface area contributed by atoms with Crippen molar-refractivity contribution in [3.05, 3.63) is 65.7 Å². The SMILES string of the molecule is CCC(=O)c1ccc(-c2ccc3cc(C(=O)CN)ccc3c2)cc1N. The lowest BCUT2D eigenvalue weighted by Gasteiger charge is -2.09. The third kappa shape index (κ3) is 3.30. The highest BCUT2D eigenvalue weighted by Gasteiger charge is 2.10. The number of nitrogens with two attached hydrogens (primary N) is 2. The molecule has 126 valence electrons. The van der Waals surface area contributed by atoms with Crippen LogP contribution in [0, 0.1) is 0 Å². The largest absolute Gasteiger partial charge is 0.398 e. The molecule has 0 bridgehead atoms. The smallest absolute Gasteiger partial charge is 0.176 e. The van der Waals surface area contributed by atoms with Gasteiger partial charge in [0, 0.05) is 23.2 Å². The summed E-state index contributed by atoms with van der Waals surface area (Å²) in [6, 6.07) is 17.1. The van der Waals surface area contributed by atoms with Crippen LogP contribution in [-0.2, 0) is 0 Å². The Morgan fingerprint density at radius 2 is 1.48 bits per heavy atom. The fourth-order valence-electron chi connectivity index (χ4n) is 2.90. The minimum Gasteiger partial charge on any atom is -0.398 e. The fourth-order valence-corrected chi connectivity index (χ4v) is 2.90. The molecule has 0 aliphatic carbocycles. The number of fused-ring (bicyclic) bond motifs is 1. The maximum atomic E-state index is 11.9. The van der Waals surface area contributed by atoms with Crippen LogP contribution in [-0.4, -0.2) is 18.1 Å². The summed E-state index contributed by atoms with van der Waals surface area (Å²) in [4.78, 5) is 23.6. The molecular formula is C21H20N2O2. The van der Waals surface area contributed by atoms with Crippen molar-refractivity contribution in [1.29, 1.82) is 0 Å². The van der Waals surface area contributed by atoms with Crippen LogP contribution in [0.3, 0.4) is 0 Å². The average Bonchev–Trinajstić information content (AvgIpc) is 2.65. The molecule has 0 spiro atoms. The van der Waals surface area contributed by atoms with Crippen molar-refractivity contribution in [2.75, 3.05) is 12.3 Å². The lowest BCUT2D eigenvalue weighted by molar-refractivity contribution is 0.0985. The summed E-state index contributed by atoms with van der Waals surface area (Å²) in [5.41, 5.74) is 15.1. The molecule has 25 heavy (non-hydrogen) atoms. The Bertz CT molecular complexity index is 977. The first kappa shape index (κ1) is 16.9. The van der Waals surface area contributed by atoms with Gasteiger partial charge in [-0.2, -0.15) is 0 Å². The minimum atomic E-state index is -0.0741. The Balaban J connectivity index is 2.00. The number of carbonyl (C=O) groups excluding carboxylic acids is 2. The highest BCUT2D eigenvalue weighted by molar-refractivity contribution is 6.02. The zero-order valence-electron chi connectivity index (χ0n) is 14.1. The molecule has 0 aliphatic rings. The minimum absolute atomic E-state index is 0.00565. The quantitative estimate of drug-likeness (QED) is 0.549. The molecule has 3 aromatic carbocycles. The number of hydrogen-bond donors (Lipinski definition) is 2. The lowest BCUT2D eigenvalue weighted by atomic mass is 9.97. The number of benzene rings is 3. The summed E-state index contributed by atoms with van der Waals surface area (Å²) in [7, 11) is 0. The van der Waals surface area contributed by atoms with E-state index in [2.05, 4.69) is 0 Å². The van der Waals surface area contributed by atoms with E-state index in [-0.39, 0.29) is 18.1 Å². The molecule has 4 heteroatoms. The van der Waals surface area contributed by atoms with Crippen molar-refractivity contribution in [2.45, 2.75) is 13.3 Å². The van der Waals surface area contributed by atoms with Gasteiger partial charge in [-0.3, -0.25) is 9.59 Å². The molecule has 0 saturated heterocycles. The predicted molar refractivity (Wildman–Crippen MR) is 102 cm³/mol. The van der Waals surface area contributed by atoms with Crippen LogP contribution in [0.2, 0.25) is 0 Å². The molecule has 0 saturated carbocycles. The van der Waals surface area contributed by atoms with Crippen molar-refractivity contribution < 1.29 is 9.59 Å². The number of Topliss-reactive ketones (excluding diaryl/α,β-unsaturated/α-hetero) is 2. The first-order chi connectivity index (χ1) is 12.0. The number of anilines is 1. The monoisotopic (exact) mass is 332 g/mol. The maximum absolute atomic E-state index is 11.9. The Labute approximate surface area is 146 Å². The number of hydrogen-bond acceptors (Lipinski definition) is 4. The van der Waals surface area contributed by atoms with E-state index in [1.807, 2.05) is 49.4 Å². The van der Waals surface area contributed by atoms with Crippen LogP contribution in [0.25, 0.3) is 21.9 Å². The van der Waals surface area contributed by atoms with E-state index in [0.717, 1.165) is 21.9 Å². The molecular weight excluding hydrogens is 312 g/mol. The first-order valence-electron chi connectivity index (χ1n) is 8.23. The van der Waals surface area contributed by atoms with E-state index in [1.165, 1.54) is 0 Å². The van der Waals surface area contributed by atoms with Gasteiger partial charge in [-0.1, -0.05) is 37.3 Å². The predicted octanol–water partition coefficient (Wildman–Crippen LogP) is 3.82. The third-order valence-corrected chi connectivity index (χ3v) is 4.35. The van der Waals surface area contributed by atoms with Gasteiger partial charge in [-0.05, 0) is 46.2 Å². The van der Waals surface area contributed by atoms with Gasteiger partial charge < -0.3 is 11.5 Å². The molecule has 4 nitrogen and oxygen atoms in total. The first-order valence-corrected chi connectivity index (χ1v) is 8.23. The molecule has 3 rings (SSSR count). The molecule has 0 amide bonds. The van der Waals surface area contributed by atoms with Crippen molar-refractivity contribution in [3.63, 3.8) is 0 Å². The van der Waals surface area contributed by atoms with Gasteiger partial charge in [0.2, 0.25) is 0 Å². The summed E-state index contributed by atoms with van der Waals surface area (Å²) in [6.07, 6.45) is 0.434. The summed E-state index contributed by atoms with van der Waals surface area (Å²) in [5.74, 6) is -0.0328. The second-order valence-electron chi connectivity index (χ2n) is 5.98. The molecule has 0 aliphatic heterocycles. The average molecular weight is 332 g/mol. The zero-order valence-corrected chi connectivity index (χ0v) is 14.1. The number of rotatable bonds is 5. The van der Waals surface area contributed by atoms with Crippen LogP contribution in [0.4, 0.5) is 5.69 Å². The van der Waals surface area contributed by atoms with Gasteiger partial charge in [-0.25, -0.2) is 0 Å². The van der Waals surface area contributed by atoms with Gasteiger partial charge in [0.05, 0.1) is 6.54 Å². The summed E-state index contributed by atoms with van der Waals surface area (Å²) in [5, 5.41) is 2.01. The van der Waals surface area contributed by atoms with Crippen molar-refractivity contribution >= 4 is 28.0 Å². The van der Waals surface area contributed by atoms with Gasteiger partial charge in [0.1, 0.15) is 0 Å². The van der Waals surface area contributed by atoms with Gasteiger partial charge >= 0.3 is 0 Å². The van der Waals surface area contributed by atoms with Crippen LogP contribution >= 0.6 is 0 Å². The lowest BCUT2D eigenvalue weighted by Crippen LogP contribution is -2.13. The Morgan fingerprint density at radius 3 is 2.16 bits per heavy atom. The van der Waals surface area contributed by atoms with Gasteiger partial charge in [-0.15, -0.1) is 0 Å². The Kier molecular flexibility index (Phi) is 4.63. The Morgan fingerprint density at radius 1 is 0.840 bits per heavy atom. The molecule has 0 aromatic heterocycles. The molecule has 3 aromatic rings. The molecule has 0 radical (unpaired) electrons. The second-order valence-corrected chi connectivity index (χ2v) is 5.98. The standard InChI is InChI=1S/C21H20N2O2/c1-2-20(24)18-8-7-16(11-19(18)23)14-3-4-15-10-17(21(25)12-22)6-5-13(15)9-14/h3-11H,2,12,22-23H2,1H3. The normalized spacial score (nSPS) is 10.8. The van der Waals surface area contributed by atoms with Gasteiger partial charge in [0.15, 0.2) is 11.6 Å². The van der Waals surface area contributed by atoms with Crippen LogP contribution in [0.5, 0.6) is 0 Å². The van der Waals surface area contributed by atoms with Crippen LogP contribution in [0.1, 0.15) is 34.1 Å². The summed E-state index contributed by atoms with van der Waals surface area (Å²) in [6.45, 7) is 1.83. The fraction of sp³-hybridized carbons (Fsp3) is 0.143. The highest BCUT2D eigenvalue weighted by atomic mass is 16.1. The molecule has 0 fully saturated rings. The number of ketones is 2. The van der Waals surface area contributed by atoms with E-state index in [9.17, 15) is 9.59 Å². The maximum Gasteiger partial charge on any atom is 0.176 e. The van der Waals surface area contributed by atoms with E-state index < -0.39 is 0 Å². The van der Waals surface area contributed by atoms with E-state index in [4.69, 9.17) is 11.5 Å². The highest BCUT2D eigenvalue weighted by Crippen LogP contribution is 2.28. The zero-order chi connectivity index (χ0) is 18.0. The van der Waals surface area contributed by atoms with E-state index in [1.54, 1.807) is 12.1 Å². The van der Waals surface area contributed by atoms with E-state index >= 15 is 0 Å². The Hall–Kier alpha value is -2.98. The summed E-state index contributed by atoms with van der Waals surface area (Å²) >= 11 is 0. The van der Waals surface area contributed by atoms with Crippen LogP contribution in [0.15, 0.2) is 54.6 Å². The summed E-state index contributed by atoms with van der Waals surface area (Å²) < 4.78 is 0. The molecule has 4 N–H and O–H groups in total. The topological polar surface area (TPSA) is 86.2 Å². The number of carbonyl (C=O) groups is 2.